The molecule has 31 heavy (non-hydrogen) atoms. The molecule has 1 aromatic heterocycles. The van der Waals surface area contributed by atoms with Gasteiger partial charge in [0.1, 0.15) is 30.8 Å². The van der Waals surface area contributed by atoms with E-state index in [4.69, 9.17) is 21.1 Å². The maximum Gasteiger partial charge on any atom is 0.273 e. The fourth-order valence-electron chi connectivity index (χ4n) is 2.42. The van der Waals surface area contributed by atoms with Gasteiger partial charge in [0.25, 0.3) is 17.7 Å². The molecular weight excluding hydrogens is 434 g/mol. The first kappa shape index (κ1) is 21.9. The number of hydrogen-bond acceptors (Lipinski definition) is 7. The van der Waals surface area contributed by atoms with Crippen LogP contribution in [0.5, 0.6) is 23.3 Å². The molecule has 2 aromatic carbocycles. The summed E-state index contributed by atoms with van der Waals surface area (Å²) in [5.74, 6) is -3.51. The summed E-state index contributed by atoms with van der Waals surface area (Å²) in [4.78, 5) is 24.3. The summed E-state index contributed by atoms with van der Waals surface area (Å²) in [5, 5.41) is 6.25. The molecule has 160 valence electrons. The molecular formula is C20H15ClF2N4O4. The van der Waals surface area contributed by atoms with Gasteiger partial charge >= 0.3 is 0 Å². The smallest absolute Gasteiger partial charge is 0.273 e. The molecule has 3 rings (SSSR count). The molecule has 0 bridgehead atoms. The molecule has 1 N–H and O–H groups in total. The van der Waals surface area contributed by atoms with Crippen molar-refractivity contribution < 1.29 is 27.9 Å². The number of hydrogen-bond donors (Lipinski definition) is 1. The summed E-state index contributed by atoms with van der Waals surface area (Å²) in [6.45, 7) is 0. The lowest BCUT2D eigenvalue weighted by Gasteiger charge is -2.13. The molecule has 8 nitrogen and oxygen atoms in total. The number of nitrogens with zero attached hydrogens (tertiary/aromatic N) is 3. The van der Waals surface area contributed by atoms with Gasteiger partial charge in [-0.2, -0.15) is 14.4 Å². The number of halogens is 3. The van der Waals surface area contributed by atoms with Crippen molar-refractivity contribution in [3.05, 3.63) is 71.0 Å². The molecule has 0 atom stereocenters. The van der Waals surface area contributed by atoms with Crippen molar-refractivity contribution in [1.82, 2.24) is 15.3 Å². The Labute approximate surface area is 180 Å². The van der Waals surface area contributed by atoms with Crippen LogP contribution in [0.2, 0.25) is 5.02 Å². The van der Waals surface area contributed by atoms with E-state index in [0.29, 0.717) is 0 Å². The summed E-state index contributed by atoms with van der Waals surface area (Å²) in [7, 11) is 2.61. The molecule has 0 fully saturated rings. The first-order valence-electron chi connectivity index (χ1n) is 8.68. The molecule has 11 heteroatoms. The second kappa shape index (κ2) is 9.81. The second-order valence-electron chi connectivity index (χ2n) is 5.77. The Morgan fingerprint density at radius 2 is 1.74 bits per heavy atom. The van der Waals surface area contributed by atoms with Crippen LogP contribution in [0.3, 0.4) is 0 Å². The van der Waals surface area contributed by atoms with E-state index in [2.05, 4.69) is 25.3 Å². The third kappa shape index (κ3) is 5.04. The molecule has 0 spiro atoms. The number of carbonyl (C=O) groups excluding carboxylic acids is 1. The lowest BCUT2D eigenvalue weighted by molar-refractivity contribution is -0.114. The maximum atomic E-state index is 14.9. The highest BCUT2D eigenvalue weighted by Crippen LogP contribution is 2.33. The van der Waals surface area contributed by atoms with Crippen LogP contribution in [0.15, 0.2) is 53.9 Å². The van der Waals surface area contributed by atoms with Gasteiger partial charge in [-0.3, -0.25) is 4.79 Å². The summed E-state index contributed by atoms with van der Waals surface area (Å²) in [6.07, 6.45) is 0.993. The Morgan fingerprint density at radius 1 is 1.06 bits per heavy atom. The van der Waals surface area contributed by atoms with E-state index in [1.165, 1.54) is 26.3 Å². The zero-order valence-electron chi connectivity index (χ0n) is 16.2. The predicted octanol–water partition coefficient (Wildman–Crippen LogP) is 4.09. The van der Waals surface area contributed by atoms with Crippen LogP contribution in [-0.4, -0.2) is 35.7 Å². The van der Waals surface area contributed by atoms with Crippen molar-refractivity contribution in [3.8, 4) is 23.3 Å². The van der Waals surface area contributed by atoms with E-state index in [0.717, 1.165) is 18.5 Å². The number of amides is 1. The van der Waals surface area contributed by atoms with Gasteiger partial charge in [-0.15, -0.1) is 0 Å². The van der Waals surface area contributed by atoms with Crippen molar-refractivity contribution >= 4 is 23.2 Å². The quantitative estimate of drug-likeness (QED) is 0.432. The summed E-state index contributed by atoms with van der Waals surface area (Å²) >= 11 is 6.02. The van der Waals surface area contributed by atoms with Gasteiger partial charge in [0, 0.05) is 13.1 Å². The topological polar surface area (TPSA) is 94.9 Å². The lowest BCUT2D eigenvalue weighted by Crippen LogP contribution is -2.29. The molecule has 0 saturated heterocycles. The van der Waals surface area contributed by atoms with Crippen LogP contribution < -0.4 is 14.8 Å². The van der Waals surface area contributed by atoms with Crippen molar-refractivity contribution in [3.63, 3.8) is 0 Å². The third-order valence-corrected chi connectivity index (χ3v) is 4.11. The van der Waals surface area contributed by atoms with Gasteiger partial charge in [-0.1, -0.05) is 28.9 Å². The highest BCUT2D eigenvalue weighted by atomic mass is 35.5. The van der Waals surface area contributed by atoms with E-state index < -0.39 is 29.3 Å². The minimum atomic E-state index is -1.07. The highest BCUT2D eigenvalue weighted by Gasteiger charge is 2.22. The average Bonchev–Trinajstić information content (AvgIpc) is 2.76. The number of carbonyl (C=O) groups is 1. The molecule has 0 unspecified atom stereocenters. The first-order chi connectivity index (χ1) is 14.9. The second-order valence-corrected chi connectivity index (χ2v) is 6.18. The summed E-state index contributed by atoms with van der Waals surface area (Å²) in [6, 6.07) is 9.66. The average molecular weight is 449 g/mol. The Bertz CT molecular complexity index is 1140. The lowest BCUT2D eigenvalue weighted by atomic mass is 10.1. The highest BCUT2D eigenvalue weighted by molar-refractivity contribution is 6.45. The monoisotopic (exact) mass is 448 g/mol. The Kier molecular flexibility index (Phi) is 6.93. The molecule has 1 heterocycles. The summed E-state index contributed by atoms with van der Waals surface area (Å²) < 4.78 is 39.7. The number of para-hydroxylation sites is 1. The minimum absolute atomic E-state index is 0.0363. The molecule has 0 radical (unpaired) electrons. The Morgan fingerprint density at radius 3 is 2.39 bits per heavy atom. The number of nitrogens with one attached hydrogen (secondary N) is 1. The Balaban J connectivity index is 2.00. The van der Waals surface area contributed by atoms with Gasteiger partial charge in [-0.05, 0) is 24.3 Å². The van der Waals surface area contributed by atoms with E-state index in [-0.39, 0.29) is 27.8 Å². The van der Waals surface area contributed by atoms with Crippen molar-refractivity contribution in [2.24, 2.45) is 5.16 Å². The van der Waals surface area contributed by atoms with Crippen molar-refractivity contribution in [2.75, 3.05) is 14.2 Å². The molecule has 1 amide bonds. The van der Waals surface area contributed by atoms with Crippen LogP contribution >= 0.6 is 11.6 Å². The SMILES string of the molecule is CNC(=O)/C(=N\OC)c1ccc(F)cc1Oc1ncnc(Oc2ccccc2Cl)c1F. The van der Waals surface area contributed by atoms with Crippen LogP contribution in [0.25, 0.3) is 0 Å². The summed E-state index contributed by atoms with van der Waals surface area (Å²) in [5.41, 5.74) is -0.184. The van der Waals surface area contributed by atoms with Crippen LogP contribution in [-0.2, 0) is 9.63 Å². The van der Waals surface area contributed by atoms with E-state index in [9.17, 15) is 13.6 Å². The predicted molar refractivity (Wildman–Crippen MR) is 108 cm³/mol. The van der Waals surface area contributed by atoms with Crippen molar-refractivity contribution in [2.45, 2.75) is 0 Å². The normalized spacial score (nSPS) is 11.1. The molecule has 0 aliphatic carbocycles. The van der Waals surface area contributed by atoms with Gasteiger partial charge in [0.15, 0.2) is 5.71 Å². The third-order valence-electron chi connectivity index (χ3n) is 3.80. The number of aromatic nitrogens is 2. The van der Waals surface area contributed by atoms with Gasteiger partial charge in [0.05, 0.1) is 10.6 Å². The number of ether oxygens (including phenoxy) is 2. The van der Waals surface area contributed by atoms with E-state index in [1.807, 2.05) is 0 Å². The van der Waals surface area contributed by atoms with Crippen LogP contribution in [0.4, 0.5) is 8.78 Å². The van der Waals surface area contributed by atoms with Gasteiger partial charge in [0.2, 0.25) is 5.82 Å². The fraction of sp³-hybridized carbons (Fsp3) is 0.100. The number of rotatable bonds is 7. The standard InChI is InChI=1S/C20H15ClF2N4O4/c1-24-18(28)17(27-29-2)12-8-7-11(22)9-15(12)31-20-16(23)19(25-10-26-20)30-14-6-4-3-5-13(14)21/h3-10H,1-2H3,(H,24,28)/b27-17-. The van der Waals surface area contributed by atoms with Gasteiger partial charge in [-0.25, -0.2) is 4.39 Å². The van der Waals surface area contributed by atoms with Gasteiger partial charge < -0.3 is 19.6 Å². The fourth-order valence-corrected chi connectivity index (χ4v) is 2.59. The Hall–Kier alpha value is -3.79. The van der Waals surface area contributed by atoms with Crippen LogP contribution in [0, 0.1) is 11.6 Å². The first-order valence-corrected chi connectivity index (χ1v) is 9.06. The maximum absolute atomic E-state index is 14.9. The molecule has 0 aliphatic rings. The van der Waals surface area contributed by atoms with E-state index in [1.54, 1.807) is 18.2 Å². The minimum Gasteiger partial charge on any atom is -0.435 e. The zero-order chi connectivity index (χ0) is 22.4. The number of oxime groups is 1. The van der Waals surface area contributed by atoms with E-state index >= 15 is 0 Å². The van der Waals surface area contributed by atoms with Crippen LogP contribution in [0.1, 0.15) is 5.56 Å². The molecule has 0 saturated carbocycles. The number of likely N-dealkylation sites (N-methyl/N-ethyl adjacent to an activating group) is 1. The number of benzene rings is 2. The van der Waals surface area contributed by atoms with Crippen molar-refractivity contribution in [1.29, 1.82) is 0 Å². The zero-order valence-corrected chi connectivity index (χ0v) is 17.0. The largest absolute Gasteiger partial charge is 0.435 e. The molecule has 0 aliphatic heterocycles. The molecule has 3 aromatic rings.